The van der Waals surface area contributed by atoms with E-state index in [4.69, 9.17) is 9.72 Å². The second-order valence-corrected chi connectivity index (χ2v) is 11.9. The van der Waals surface area contributed by atoms with Gasteiger partial charge >= 0.3 is 18.2 Å². The van der Waals surface area contributed by atoms with Crippen LogP contribution in [0, 0.1) is 19.7 Å². The number of halogens is 4. The molecule has 7 nitrogen and oxygen atoms in total. The van der Waals surface area contributed by atoms with Crippen LogP contribution in [0.2, 0.25) is 0 Å². The van der Waals surface area contributed by atoms with Crippen LogP contribution in [0.15, 0.2) is 66.7 Å². The van der Waals surface area contributed by atoms with Crippen molar-refractivity contribution in [2.24, 2.45) is 0 Å². The summed E-state index contributed by atoms with van der Waals surface area (Å²) in [7, 11) is 0. The van der Waals surface area contributed by atoms with Crippen molar-refractivity contribution in [1.29, 1.82) is 0 Å². The third-order valence-electron chi connectivity index (χ3n) is 8.60. The number of alkyl halides is 3. The number of nitrogens with zero attached hydrogens (tertiary/aromatic N) is 3. The molecule has 238 valence electrons. The molecule has 0 saturated carbocycles. The van der Waals surface area contributed by atoms with Crippen LogP contribution in [-0.4, -0.2) is 46.2 Å². The monoisotopic (exact) mass is 633 g/mol. The number of hydrogen-bond donors (Lipinski definition) is 1. The van der Waals surface area contributed by atoms with Gasteiger partial charge in [-0.05, 0) is 110 Å². The van der Waals surface area contributed by atoms with Crippen molar-refractivity contribution in [3.63, 3.8) is 0 Å². The Morgan fingerprint density at radius 2 is 1.67 bits per heavy atom. The summed E-state index contributed by atoms with van der Waals surface area (Å²) >= 11 is 0. The molecule has 0 radical (unpaired) electrons. The molecule has 1 amide bonds. The van der Waals surface area contributed by atoms with Gasteiger partial charge in [0.15, 0.2) is 0 Å². The molecule has 3 heterocycles. The van der Waals surface area contributed by atoms with E-state index in [0.29, 0.717) is 44.9 Å². The van der Waals surface area contributed by atoms with Gasteiger partial charge in [-0.15, -0.1) is 0 Å². The molecule has 46 heavy (non-hydrogen) atoms. The number of aromatic nitrogens is 1. The fourth-order valence-corrected chi connectivity index (χ4v) is 6.08. The number of hydrogen-bond acceptors (Lipinski definition) is 5. The summed E-state index contributed by atoms with van der Waals surface area (Å²) < 4.78 is 61.5. The number of carboxylic acids is 1. The maximum Gasteiger partial charge on any atom is 0.416 e. The molecule has 2 atom stereocenters. The first kappa shape index (κ1) is 31.1. The molecule has 2 fully saturated rings. The Balaban J connectivity index is 1.37. The molecule has 3 aromatic carbocycles. The Labute approximate surface area is 263 Å². The van der Waals surface area contributed by atoms with Crippen LogP contribution in [0.3, 0.4) is 0 Å². The zero-order chi connectivity index (χ0) is 32.9. The number of ether oxygens (including phenoxy) is 1. The topological polar surface area (TPSA) is 83.0 Å². The number of carbonyl (C=O) groups is 2. The number of amides is 1. The van der Waals surface area contributed by atoms with Crippen LogP contribution in [0.25, 0.3) is 22.3 Å². The van der Waals surface area contributed by atoms with E-state index in [1.807, 2.05) is 12.1 Å². The van der Waals surface area contributed by atoms with Gasteiger partial charge < -0.3 is 14.7 Å². The highest BCUT2D eigenvalue weighted by Gasteiger charge is 2.41. The van der Waals surface area contributed by atoms with E-state index < -0.39 is 41.8 Å². The van der Waals surface area contributed by atoms with Crippen molar-refractivity contribution < 1.29 is 37.0 Å². The average Bonchev–Trinajstić information content (AvgIpc) is 3.23. The Bertz CT molecular complexity index is 1850. The fraction of sp³-hybridized carbons (Fsp3) is 0.286. The van der Waals surface area contributed by atoms with Gasteiger partial charge in [-0.2, -0.15) is 13.2 Å². The lowest BCUT2D eigenvalue weighted by atomic mass is 9.94. The van der Waals surface area contributed by atoms with E-state index >= 15 is 4.39 Å². The molecule has 11 heteroatoms. The number of aromatic carboxylic acids is 1. The summed E-state index contributed by atoms with van der Waals surface area (Å²) in [6.07, 6.45) is -5.17. The number of aryl methyl sites for hydroxylation is 2. The van der Waals surface area contributed by atoms with E-state index in [0.717, 1.165) is 31.6 Å². The second-order valence-electron chi connectivity index (χ2n) is 11.9. The van der Waals surface area contributed by atoms with Crippen molar-refractivity contribution in [3.05, 3.63) is 106 Å². The van der Waals surface area contributed by atoms with Crippen LogP contribution >= 0.6 is 0 Å². The summed E-state index contributed by atoms with van der Waals surface area (Å²) in [6, 6.07) is 15.8. The van der Waals surface area contributed by atoms with Gasteiger partial charge in [-0.3, -0.25) is 4.90 Å². The predicted molar refractivity (Wildman–Crippen MR) is 164 cm³/mol. The minimum Gasteiger partial charge on any atom is -0.478 e. The molecule has 0 bridgehead atoms. The third-order valence-corrected chi connectivity index (χ3v) is 8.60. The van der Waals surface area contributed by atoms with Gasteiger partial charge in [-0.25, -0.2) is 19.0 Å². The lowest BCUT2D eigenvalue weighted by Crippen LogP contribution is -2.38. The van der Waals surface area contributed by atoms with Crippen LogP contribution in [0.5, 0.6) is 0 Å². The van der Waals surface area contributed by atoms with Gasteiger partial charge in [0.2, 0.25) is 0 Å². The Morgan fingerprint density at radius 1 is 0.978 bits per heavy atom. The van der Waals surface area contributed by atoms with Gasteiger partial charge in [-0.1, -0.05) is 17.7 Å². The van der Waals surface area contributed by atoms with Crippen LogP contribution < -0.4 is 4.90 Å². The predicted octanol–water partition coefficient (Wildman–Crippen LogP) is 8.18. The molecule has 1 aromatic heterocycles. The van der Waals surface area contributed by atoms with Gasteiger partial charge in [0.25, 0.3) is 0 Å². The average molecular weight is 634 g/mol. The molecule has 2 saturated heterocycles. The van der Waals surface area contributed by atoms with E-state index in [1.54, 1.807) is 39.0 Å². The zero-order valence-electron chi connectivity index (χ0n) is 25.4. The molecular formula is C35H31F4N3O4. The molecule has 0 aliphatic carbocycles. The fourth-order valence-electron chi connectivity index (χ4n) is 6.08. The first-order valence-electron chi connectivity index (χ1n) is 14.8. The Kier molecular flexibility index (Phi) is 7.95. The first-order valence-corrected chi connectivity index (χ1v) is 14.8. The maximum atomic E-state index is 15.2. The Morgan fingerprint density at radius 3 is 2.30 bits per heavy atom. The largest absolute Gasteiger partial charge is 0.478 e. The highest BCUT2D eigenvalue weighted by atomic mass is 19.4. The highest BCUT2D eigenvalue weighted by molar-refractivity contribution is 5.89. The van der Waals surface area contributed by atoms with Crippen molar-refractivity contribution >= 4 is 17.9 Å². The minimum absolute atomic E-state index is 0.0242. The molecule has 0 spiro atoms. The number of anilines is 1. The van der Waals surface area contributed by atoms with Crippen molar-refractivity contribution in [3.8, 4) is 22.3 Å². The van der Waals surface area contributed by atoms with Gasteiger partial charge in [0.1, 0.15) is 17.7 Å². The lowest BCUT2D eigenvalue weighted by molar-refractivity contribution is -0.137. The zero-order valence-corrected chi connectivity index (χ0v) is 25.4. The first-order chi connectivity index (χ1) is 21.8. The molecule has 2 aliphatic rings. The standard InChI is InChI=1S/C35H31F4N3O4/c1-19-11-25(15-26(12-19)35(37,38)39)32-21(3)42(34(45)46-32)18-30-29(7-8-31(40-30)41-9-4-10-41)24-14-23(16-27(36)17-24)28-6-5-22(33(43)44)13-20(28)2/h5-8,11-17,21,32H,4,9-10,18H2,1-3H3,(H,43,44)/t21-,32-/m0/s1. The van der Waals surface area contributed by atoms with Crippen LogP contribution in [-0.2, 0) is 17.5 Å². The quantitative estimate of drug-likeness (QED) is 0.207. The van der Waals surface area contributed by atoms with Crippen molar-refractivity contribution in [2.45, 2.75) is 52.1 Å². The molecule has 6 rings (SSSR count). The SMILES string of the molecule is Cc1cc([C@H]2OC(=O)N(Cc3nc(N4CCC4)ccc3-c3cc(F)cc(-c4ccc(C(=O)O)cc4C)c3)[C@H]2C)cc(C(F)(F)F)c1. The van der Waals surface area contributed by atoms with E-state index in [1.165, 1.54) is 29.2 Å². The number of carbonyl (C=O) groups excluding carboxylic acids is 1. The molecule has 0 unspecified atom stereocenters. The maximum absolute atomic E-state index is 15.2. The van der Waals surface area contributed by atoms with E-state index in [2.05, 4.69) is 4.90 Å². The van der Waals surface area contributed by atoms with Crippen molar-refractivity contribution in [2.75, 3.05) is 18.0 Å². The molecular weight excluding hydrogens is 602 g/mol. The highest BCUT2D eigenvalue weighted by Crippen LogP contribution is 2.39. The molecule has 2 aliphatic heterocycles. The second kappa shape index (κ2) is 11.8. The van der Waals surface area contributed by atoms with Crippen molar-refractivity contribution in [1.82, 2.24) is 9.88 Å². The Hall–Kier alpha value is -4.93. The number of carboxylic acid groups (broad SMARTS) is 1. The van der Waals surface area contributed by atoms with E-state index in [-0.39, 0.29) is 17.7 Å². The third kappa shape index (κ3) is 6.01. The summed E-state index contributed by atoms with van der Waals surface area (Å²) in [5.74, 6) is -0.874. The van der Waals surface area contributed by atoms with Crippen LogP contribution in [0.1, 0.15) is 57.8 Å². The summed E-state index contributed by atoms with van der Waals surface area (Å²) in [4.78, 5) is 33.1. The lowest BCUT2D eigenvalue weighted by Gasteiger charge is -2.33. The summed E-state index contributed by atoms with van der Waals surface area (Å²) in [5, 5.41) is 9.36. The smallest absolute Gasteiger partial charge is 0.416 e. The number of pyridine rings is 1. The number of cyclic esters (lactones) is 1. The minimum atomic E-state index is -4.55. The van der Waals surface area contributed by atoms with E-state index in [9.17, 15) is 27.9 Å². The van der Waals surface area contributed by atoms with Crippen LogP contribution in [0.4, 0.5) is 28.2 Å². The van der Waals surface area contributed by atoms with Gasteiger partial charge in [0, 0.05) is 18.7 Å². The number of rotatable bonds is 7. The van der Waals surface area contributed by atoms with Gasteiger partial charge in [0.05, 0.1) is 29.4 Å². The molecule has 1 N–H and O–H groups in total. The molecule has 4 aromatic rings. The number of benzene rings is 3. The normalized spacial score (nSPS) is 18.0. The summed E-state index contributed by atoms with van der Waals surface area (Å²) in [5.41, 5.74) is 3.36. The summed E-state index contributed by atoms with van der Waals surface area (Å²) in [6.45, 7) is 6.65.